The lowest BCUT2D eigenvalue weighted by atomic mass is 9.42. The van der Waals surface area contributed by atoms with Crippen LogP contribution in [0.15, 0.2) is 124 Å². The van der Waals surface area contributed by atoms with Gasteiger partial charge < -0.3 is 18.5 Å². The number of fused-ring (bicyclic) bond motifs is 15. The topological polar surface area (TPSA) is 32.8 Å². The smallest absolute Gasteiger partial charge is 0.329 e. The second-order valence-electron chi connectivity index (χ2n) is 26.3. The van der Waals surface area contributed by atoms with Crippen LogP contribution in [0.3, 0.4) is 0 Å². The van der Waals surface area contributed by atoms with Crippen molar-refractivity contribution in [2.24, 2.45) is 0 Å². The number of anilines is 4. The molecule has 1 fully saturated rings. The van der Waals surface area contributed by atoms with Crippen molar-refractivity contribution in [3.63, 3.8) is 0 Å². The Kier molecular flexibility index (Phi) is 8.50. The molecule has 0 radical (unpaired) electrons. The Morgan fingerprint density at radius 3 is 1.90 bits per heavy atom. The van der Waals surface area contributed by atoms with E-state index in [2.05, 4.69) is 208 Å². The van der Waals surface area contributed by atoms with Gasteiger partial charge in [-0.05, 0) is 159 Å². The molecule has 14 rings (SSSR count). The summed E-state index contributed by atoms with van der Waals surface area (Å²) in [5.74, 6) is 0. The van der Waals surface area contributed by atoms with Crippen LogP contribution in [0.5, 0.6) is 0 Å². The molecular formula is C66H67BN2O2. The highest BCUT2D eigenvalue weighted by molar-refractivity contribution is 6.93. The van der Waals surface area contributed by atoms with Gasteiger partial charge in [0.15, 0.2) is 5.58 Å². The fourth-order valence-corrected chi connectivity index (χ4v) is 14.6. The molecule has 3 aliphatic heterocycles. The first-order chi connectivity index (χ1) is 33.7. The summed E-state index contributed by atoms with van der Waals surface area (Å²) >= 11 is 0. The number of hydrogen-bond acceptors (Lipinski definition) is 4. The van der Waals surface area contributed by atoms with Crippen molar-refractivity contribution in [3.8, 4) is 22.3 Å². The van der Waals surface area contributed by atoms with E-state index in [4.69, 9.17) is 8.83 Å². The zero-order chi connectivity index (χ0) is 49.1. The van der Waals surface area contributed by atoms with Gasteiger partial charge >= 0.3 is 6.85 Å². The predicted molar refractivity (Wildman–Crippen MR) is 301 cm³/mol. The summed E-state index contributed by atoms with van der Waals surface area (Å²) in [5, 5.41) is 4.68. The molecule has 0 bridgehead atoms. The first kappa shape index (κ1) is 43.6. The van der Waals surface area contributed by atoms with Crippen LogP contribution in [0.4, 0.5) is 22.7 Å². The Balaban J connectivity index is 1.18. The quantitative estimate of drug-likeness (QED) is 0.162. The van der Waals surface area contributed by atoms with Crippen LogP contribution in [-0.2, 0) is 27.1 Å². The summed E-state index contributed by atoms with van der Waals surface area (Å²) in [7, 11) is 0. The molecule has 5 heteroatoms. The van der Waals surface area contributed by atoms with Gasteiger partial charge in [0, 0.05) is 55.0 Å². The van der Waals surface area contributed by atoms with E-state index in [0.717, 1.165) is 63.7 Å². The van der Waals surface area contributed by atoms with Crippen LogP contribution in [0.25, 0.3) is 66.1 Å². The number of para-hydroxylation sites is 1. The third kappa shape index (κ3) is 5.70. The number of rotatable bonds is 2. The number of furan rings is 2. The van der Waals surface area contributed by atoms with E-state index in [-0.39, 0.29) is 39.5 Å². The average Bonchev–Trinajstić information content (AvgIpc) is 3.95. The highest BCUT2D eigenvalue weighted by Crippen LogP contribution is 2.64. The van der Waals surface area contributed by atoms with E-state index in [1.807, 2.05) is 0 Å². The third-order valence-electron chi connectivity index (χ3n) is 19.2. The van der Waals surface area contributed by atoms with Crippen molar-refractivity contribution >= 4 is 84.4 Å². The minimum Gasteiger partial charge on any atom is -0.456 e. The summed E-state index contributed by atoms with van der Waals surface area (Å²) in [6, 6.07) is 44.7. The Morgan fingerprint density at radius 1 is 0.493 bits per heavy atom. The maximum Gasteiger partial charge on any atom is 0.329 e. The second kappa shape index (κ2) is 13.8. The number of benzene rings is 7. The average molecular weight is 931 g/mol. The maximum atomic E-state index is 7.38. The maximum absolute atomic E-state index is 7.38. The molecule has 2 unspecified atom stereocenters. The van der Waals surface area contributed by atoms with Gasteiger partial charge in [0.25, 0.3) is 0 Å². The van der Waals surface area contributed by atoms with Crippen molar-refractivity contribution in [3.05, 3.63) is 143 Å². The molecule has 7 aromatic carbocycles. The van der Waals surface area contributed by atoms with Gasteiger partial charge in [0.1, 0.15) is 16.7 Å². The van der Waals surface area contributed by atoms with Crippen LogP contribution in [0.1, 0.15) is 149 Å². The molecule has 0 amide bonds. The molecule has 2 atom stereocenters. The first-order valence-electron chi connectivity index (χ1n) is 26.7. The molecule has 0 spiro atoms. The Labute approximate surface area is 420 Å². The van der Waals surface area contributed by atoms with Crippen LogP contribution >= 0.6 is 0 Å². The minimum absolute atomic E-state index is 0.0434. The van der Waals surface area contributed by atoms with Gasteiger partial charge in [-0.15, -0.1) is 0 Å². The monoisotopic (exact) mass is 931 g/mol. The van der Waals surface area contributed by atoms with Gasteiger partial charge in [0.2, 0.25) is 0 Å². The standard InChI is InChI=1S/C66H67BN2O2/c1-61(2,3)39-24-25-52(42(30-39)38-20-14-13-15-21-38)68-53-35-44-43-34-48-49(64(9,10)29-28-63(48,7)8)36-55(43)70-56(44)37-51(53)67-57-45(33-47-41-22-16-17-23-54(41)71-60(47)59(57)68)46-31-40(62(4,5)6)32-50-58(46)69(67)66(12)27-19-18-26-65(50,66)11/h13-17,20-25,30-37H,18-19,26-29H2,1-12H3. The van der Waals surface area contributed by atoms with E-state index in [0.29, 0.717) is 0 Å². The summed E-state index contributed by atoms with van der Waals surface area (Å²) in [6.45, 7) is 29.0. The van der Waals surface area contributed by atoms with Crippen LogP contribution in [0, 0.1) is 0 Å². The summed E-state index contributed by atoms with van der Waals surface area (Å²) in [4.78, 5) is 5.60. The molecular weight excluding hydrogens is 864 g/mol. The van der Waals surface area contributed by atoms with Crippen LogP contribution in [-0.4, -0.2) is 12.4 Å². The highest BCUT2D eigenvalue weighted by atomic mass is 16.3. The zero-order valence-corrected chi connectivity index (χ0v) is 44.0. The van der Waals surface area contributed by atoms with Gasteiger partial charge in [-0.1, -0.05) is 150 Å². The molecule has 356 valence electrons. The predicted octanol–water partition coefficient (Wildman–Crippen LogP) is 17.1. The van der Waals surface area contributed by atoms with Crippen molar-refractivity contribution in [2.75, 3.05) is 9.71 Å². The van der Waals surface area contributed by atoms with Crippen molar-refractivity contribution < 1.29 is 8.83 Å². The van der Waals surface area contributed by atoms with E-state index in [9.17, 15) is 0 Å². The molecule has 5 aliphatic rings. The van der Waals surface area contributed by atoms with E-state index in [1.165, 1.54) is 102 Å². The molecule has 0 N–H and O–H groups in total. The van der Waals surface area contributed by atoms with E-state index >= 15 is 0 Å². The number of hydrogen-bond donors (Lipinski definition) is 0. The molecule has 0 saturated heterocycles. The van der Waals surface area contributed by atoms with Crippen LogP contribution in [0.2, 0.25) is 0 Å². The summed E-state index contributed by atoms with van der Waals surface area (Å²) in [5.41, 5.74) is 23.4. The lowest BCUT2D eigenvalue weighted by Crippen LogP contribution is -2.70. The molecule has 1 saturated carbocycles. The molecule has 4 nitrogen and oxygen atoms in total. The molecule has 71 heavy (non-hydrogen) atoms. The van der Waals surface area contributed by atoms with Crippen molar-refractivity contribution in [2.45, 2.75) is 154 Å². The molecule has 2 aliphatic carbocycles. The Morgan fingerprint density at radius 2 is 1.15 bits per heavy atom. The van der Waals surface area contributed by atoms with Crippen molar-refractivity contribution in [1.29, 1.82) is 0 Å². The van der Waals surface area contributed by atoms with E-state index in [1.54, 1.807) is 0 Å². The highest BCUT2D eigenvalue weighted by Gasteiger charge is 2.63. The lowest BCUT2D eigenvalue weighted by Gasteiger charge is -2.55. The fourth-order valence-electron chi connectivity index (χ4n) is 14.6. The van der Waals surface area contributed by atoms with Crippen LogP contribution < -0.4 is 20.6 Å². The molecule has 2 aromatic heterocycles. The summed E-state index contributed by atoms with van der Waals surface area (Å²) < 4.78 is 14.7. The Hall–Kier alpha value is -6.20. The third-order valence-corrected chi connectivity index (χ3v) is 19.2. The molecule has 9 aromatic rings. The minimum atomic E-state index is -0.149. The van der Waals surface area contributed by atoms with Gasteiger partial charge in [-0.3, -0.25) is 0 Å². The second-order valence-corrected chi connectivity index (χ2v) is 26.3. The first-order valence-corrected chi connectivity index (χ1v) is 26.7. The normalized spacial score (nSPS) is 21.7. The molecule has 5 heterocycles. The fraction of sp³-hybridized carbons (Fsp3) is 0.364. The largest absolute Gasteiger partial charge is 0.456 e. The number of nitrogens with zero attached hydrogens (tertiary/aromatic N) is 2. The zero-order valence-electron chi connectivity index (χ0n) is 44.0. The van der Waals surface area contributed by atoms with E-state index < -0.39 is 0 Å². The van der Waals surface area contributed by atoms with Gasteiger partial charge in [-0.2, -0.15) is 0 Å². The summed E-state index contributed by atoms with van der Waals surface area (Å²) in [6.07, 6.45) is 7.07. The van der Waals surface area contributed by atoms with Crippen molar-refractivity contribution in [1.82, 2.24) is 0 Å². The van der Waals surface area contributed by atoms with Gasteiger partial charge in [0.05, 0.1) is 11.4 Å². The Bertz CT molecular complexity index is 3800. The van der Waals surface area contributed by atoms with Gasteiger partial charge in [-0.25, -0.2) is 0 Å². The lowest BCUT2D eigenvalue weighted by molar-refractivity contribution is 0.199. The SMILES string of the molecule is CC(C)(C)c1ccc(N2c3cc4c(cc3B3c5c(cc6c(oc7ccccc76)c52)-c2cc(C(C)(C)C)cc5c2N3C2(C)CCCCC52C)oc2cc3c(cc24)C(C)(C)CCC3(C)C)c(-c2ccccc2)c1.